The van der Waals surface area contributed by atoms with Crippen LogP contribution in [0.2, 0.25) is 5.02 Å². The van der Waals surface area contributed by atoms with Gasteiger partial charge in [0.25, 0.3) is 5.91 Å². The summed E-state index contributed by atoms with van der Waals surface area (Å²) in [7, 11) is 1.60. The van der Waals surface area contributed by atoms with Crippen molar-refractivity contribution in [1.29, 1.82) is 0 Å². The van der Waals surface area contributed by atoms with E-state index in [0.717, 1.165) is 11.3 Å². The van der Waals surface area contributed by atoms with Crippen LogP contribution in [0, 0.1) is 5.41 Å². The fourth-order valence-electron chi connectivity index (χ4n) is 4.57. The summed E-state index contributed by atoms with van der Waals surface area (Å²) >= 11 is 6.13. The number of hydroxylamine groups is 1. The maximum atomic E-state index is 13.8. The summed E-state index contributed by atoms with van der Waals surface area (Å²) in [6, 6.07) is 23.1. The van der Waals surface area contributed by atoms with E-state index in [0.29, 0.717) is 16.5 Å². The van der Waals surface area contributed by atoms with E-state index >= 15 is 0 Å². The van der Waals surface area contributed by atoms with Crippen LogP contribution in [0.3, 0.4) is 0 Å². The third kappa shape index (κ3) is 2.98. The molecule has 0 N–H and O–H groups in total. The summed E-state index contributed by atoms with van der Waals surface area (Å²) in [4.78, 5) is 34.7. The first-order valence-electron chi connectivity index (χ1n) is 10.2. The van der Waals surface area contributed by atoms with Gasteiger partial charge in [-0.05, 0) is 55.0 Å². The van der Waals surface area contributed by atoms with E-state index in [4.69, 9.17) is 21.2 Å². The Morgan fingerprint density at radius 1 is 0.938 bits per heavy atom. The lowest BCUT2D eigenvalue weighted by Crippen LogP contribution is -2.41. The minimum absolute atomic E-state index is 0.325. The molecule has 0 aliphatic carbocycles. The Morgan fingerprint density at radius 2 is 1.62 bits per heavy atom. The van der Waals surface area contributed by atoms with Crippen LogP contribution in [0.4, 0.5) is 11.4 Å². The number of hydrogen-bond donors (Lipinski definition) is 0. The predicted molar refractivity (Wildman–Crippen MR) is 122 cm³/mol. The molecule has 0 bridgehead atoms. The van der Waals surface area contributed by atoms with E-state index in [1.54, 1.807) is 43.4 Å². The number of carbonyl (C=O) groups excluding carboxylic acids is 2. The van der Waals surface area contributed by atoms with Crippen molar-refractivity contribution in [2.45, 2.75) is 19.1 Å². The van der Waals surface area contributed by atoms with Crippen molar-refractivity contribution < 1.29 is 19.2 Å². The third-order valence-corrected chi connectivity index (χ3v) is 6.42. The molecule has 0 aromatic heterocycles. The molecule has 162 valence electrons. The molecule has 2 aliphatic rings. The monoisotopic (exact) mass is 448 g/mol. The van der Waals surface area contributed by atoms with E-state index in [1.165, 1.54) is 4.90 Å². The van der Waals surface area contributed by atoms with E-state index in [1.807, 2.05) is 54.6 Å². The van der Waals surface area contributed by atoms with Crippen molar-refractivity contribution in [2.75, 3.05) is 17.1 Å². The van der Waals surface area contributed by atoms with Crippen molar-refractivity contribution in [1.82, 2.24) is 0 Å². The van der Waals surface area contributed by atoms with Crippen molar-refractivity contribution >= 4 is 34.8 Å². The minimum atomic E-state index is -1.15. The second-order valence-electron chi connectivity index (χ2n) is 8.06. The van der Waals surface area contributed by atoms with Crippen LogP contribution in [0.25, 0.3) is 0 Å². The summed E-state index contributed by atoms with van der Waals surface area (Å²) < 4.78 is 5.29. The molecule has 0 saturated carbocycles. The lowest BCUT2D eigenvalue weighted by molar-refractivity contribution is -0.128. The standard InChI is InChI=1S/C25H21ClN2O4/c1-25-21(16-11-13-20(31-2)14-12-16)28(18-8-4-3-5-9-18)32-22(25)23(29)27(24(25)30)19-10-6-7-17(26)15-19/h3-15,21-22H,1-2H3/t21-,22+,25-/m0/s1. The van der Waals surface area contributed by atoms with Crippen molar-refractivity contribution in [3.8, 4) is 5.75 Å². The maximum absolute atomic E-state index is 13.8. The second-order valence-corrected chi connectivity index (χ2v) is 8.50. The Bertz CT molecular complexity index is 1180. The van der Waals surface area contributed by atoms with Crippen LogP contribution >= 0.6 is 11.6 Å². The van der Waals surface area contributed by atoms with Gasteiger partial charge in [-0.1, -0.05) is 48.0 Å². The fourth-order valence-corrected chi connectivity index (χ4v) is 4.76. The molecule has 32 heavy (non-hydrogen) atoms. The Labute approximate surface area is 190 Å². The molecule has 7 heteroatoms. The first-order chi connectivity index (χ1) is 15.4. The zero-order valence-electron chi connectivity index (χ0n) is 17.6. The Kier molecular flexibility index (Phi) is 4.92. The Hall–Kier alpha value is -3.35. The number of benzene rings is 3. The average molecular weight is 449 g/mol. The summed E-state index contributed by atoms with van der Waals surface area (Å²) in [5.74, 6) is -0.0271. The number of nitrogens with zero attached hydrogens (tertiary/aromatic N) is 2. The number of halogens is 1. The highest BCUT2D eigenvalue weighted by atomic mass is 35.5. The smallest absolute Gasteiger partial charge is 0.266 e. The maximum Gasteiger partial charge on any atom is 0.266 e. The van der Waals surface area contributed by atoms with Crippen molar-refractivity contribution in [2.24, 2.45) is 5.41 Å². The second kappa shape index (κ2) is 7.65. The summed E-state index contributed by atoms with van der Waals surface area (Å²) in [6.45, 7) is 1.79. The predicted octanol–water partition coefficient (Wildman–Crippen LogP) is 4.79. The highest BCUT2D eigenvalue weighted by Gasteiger charge is 2.68. The van der Waals surface area contributed by atoms with E-state index in [2.05, 4.69) is 0 Å². The number of carbonyl (C=O) groups is 2. The topological polar surface area (TPSA) is 59.1 Å². The first kappa shape index (κ1) is 20.5. The molecule has 2 saturated heterocycles. The van der Waals surface area contributed by atoms with Crippen LogP contribution in [-0.2, 0) is 14.4 Å². The number of rotatable bonds is 4. The molecule has 2 fully saturated rings. The molecule has 6 nitrogen and oxygen atoms in total. The van der Waals surface area contributed by atoms with Crippen molar-refractivity contribution in [3.63, 3.8) is 0 Å². The SMILES string of the molecule is COc1ccc([C@@H]2N(c3ccccc3)O[C@@H]3C(=O)N(c4cccc(Cl)c4)C(=O)[C@]32C)cc1. The highest BCUT2D eigenvalue weighted by molar-refractivity contribution is 6.31. The molecule has 2 amide bonds. The molecule has 0 unspecified atom stereocenters. The van der Waals surface area contributed by atoms with Crippen LogP contribution in [0.1, 0.15) is 18.5 Å². The van der Waals surface area contributed by atoms with Gasteiger partial charge in [-0.3, -0.25) is 14.4 Å². The zero-order chi connectivity index (χ0) is 22.5. The number of para-hydroxylation sites is 1. The van der Waals surface area contributed by atoms with Gasteiger partial charge in [0.2, 0.25) is 5.91 Å². The third-order valence-electron chi connectivity index (χ3n) is 6.18. The Balaban J connectivity index is 1.63. The van der Waals surface area contributed by atoms with Crippen molar-refractivity contribution in [3.05, 3.63) is 89.4 Å². The van der Waals surface area contributed by atoms with Gasteiger partial charge in [0.05, 0.1) is 24.5 Å². The lowest BCUT2D eigenvalue weighted by Gasteiger charge is -2.32. The highest BCUT2D eigenvalue weighted by Crippen LogP contribution is 2.55. The number of anilines is 2. The summed E-state index contributed by atoms with van der Waals surface area (Å²) in [5.41, 5.74) is 0.892. The van der Waals surface area contributed by atoms with Crippen LogP contribution < -0.4 is 14.7 Å². The zero-order valence-corrected chi connectivity index (χ0v) is 18.3. The Morgan fingerprint density at radius 3 is 2.28 bits per heavy atom. The van der Waals surface area contributed by atoms with Gasteiger partial charge in [0, 0.05) is 5.02 Å². The molecule has 3 aromatic rings. The molecule has 0 radical (unpaired) electrons. The number of hydrogen-bond acceptors (Lipinski definition) is 5. The normalized spacial score (nSPS) is 24.7. The summed E-state index contributed by atoms with van der Waals surface area (Å²) in [6.07, 6.45) is -0.971. The molecule has 3 atom stereocenters. The molecule has 2 heterocycles. The van der Waals surface area contributed by atoms with E-state index in [-0.39, 0.29) is 5.91 Å². The molecular weight excluding hydrogens is 428 g/mol. The molecule has 3 aromatic carbocycles. The molecule has 0 spiro atoms. The van der Waals surface area contributed by atoms with Gasteiger partial charge in [-0.2, -0.15) is 0 Å². The number of ether oxygens (including phenoxy) is 1. The lowest BCUT2D eigenvalue weighted by atomic mass is 9.76. The number of methoxy groups -OCH3 is 1. The molecular formula is C25H21ClN2O4. The minimum Gasteiger partial charge on any atom is -0.497 e. The van der Waals surface area contributed by atoms with Crippen LogP contribution in [0.5, 0.6) is 5.75 Å². The van der Waals surface area contributed by atoms with Crippen LogP contribution in [-0.4, -0.2) is 25.0 Å². The number of fused-ring (bicyclic) bond motifs is 1. The van der Waals surface area contributed by atoms with Gasteiger partial charge in [0.15, 0.2) is 6.10 Å². The molecule has 2 aliphatic heterocycles. The summed E-state index contributed by atoms with van der Waals surface area (Å²) in [5, 5.41) is 2.13. The van der Waals surface area contributed by atoms with Crippen LogP contribution in [0.15, 0.2) is 78.9 Å². The number of amides is 2. The first-order valence-corrected chi connectivity index (χ1v) is 10.6. The largest absolute Gasteiger partial charge is 0.497 e. The van der Waals surface area contributed by atoms with Gasteiger partial charge in [-0.15, -0.1) is 0 Å². The van der Waals surface area contributed by atoms with E-state index in [9.17, 15) is 9.59 Å². The number of imide groups is 1. The average Bonchev–Trinajstić information content (AvgIpc) is 3.22. The van der Waals surface area contributed by atoms with Gasteiger partial charge in [-0.25, -0.2) is 9.96 Å². The molecule has 5 rings (SSSR count). The fraction of sp³-hybridized carbons (Fsp3) is 0.200. The van der Waals surface area contributed by atoms with E-state index < -0.39 is 23.5 Å². The van der Waals surface area contributed by atoms with Gasteiger partial charge >= 0.3 is 0 Å². The van der Waals surface area contributed by atoms with Gasteiger partial charge < -0.3 is 4.74 Å². The quantitative estimate of drug-likeness (QED) is 0.537. The van der Waals surface area contributed by atoms with Gasteiger partial charge in [0.1, 0.15) is 11.2 Å².